The zero-order valence-corrected chi connectivity index (χ0v) is 14.1. The number of carbonyl (C=O) groups is 2. The lowest BCUT2D eigenvalue weighted by Gasteiger charge is -2.27. The van der Waals surface area contributed by atoms with Crippen LogP contribution in [0.4, 0.5) is 10.1 Å². The Balaban J connectivity index is 1.65. The highest BCUT2D eigenvalue weighted by Gasteiger charge is 2.30. The molecule has 0 bridgehead atoms. The third kappa shape index (κ3) is 3.79. The topological polar surface area (TPSA) is 58.6 Å². The lowest BCUT2D eigenvalue weighted by Crippen LogP contribution is -2.41. The second-order valence-electron chi connectivity index (χ2n) is 6.14. The van der Waals surface area contributed by atoms with Crippen molar-refractivity contribution >= 4 is 17.5 Å². The van der Waals surface area contributed by atoms with E-state index in [4.69, 9.17) is 4.74 Å². The molecule has 0 aliphatic carbocycles. The van der Waals surface area contributed by atoms with Crippen LogP contribution in [0.1, 0.15) is 17.5 Å². The van der Waals surface area contributed by atoms with E-state index in [9.17, 15) is 14.0 Å². The van der Waals surface area contributed by atoms with Gasteiger partial charge in [-0.05, 0) is 30.7 Å². The molecule has 2 amide bonds. The monoisotopic (exact) mass is 342 g/mol. The smallest absolute Gasteiger partial charge is 0.266 e. The van der Waals surface area contributed by atoms with Gasteiger partial charge in [0, 0.05) is 19.2 Å². The largest absolute Gasteiger partial charge is 0.478 e. The SMILES string of the molecule is Cc1ccc2c(c1)NC(=O)C(CC(=O)N(C)Cc1ccccc1F)O2. The van der Waals surface area contributed by atoms with Crippen molar-refractivity contribution in [2.75, 3.05) is 12.4 Å². The number of hydrogen-bond acceptors (Lipinski definition) is 3. The summed E-state index contributed by atoms with van der Waals surface area (Å²) in [4.78, 5) is 25.9. The first-order valence-corrected chi connectivity index (χ1v) is 7.99. The lowest BCUT2D eigenvalue weighted by atomic mass is 10.1. The van der Waals surface area contributed by atoms with Crippen molar-refractivity contribution in [2.45, 2.75) is 26.0 Å². The Bertz CT molecular complexity index is 822. The predicted molar refractivity (Wildman–Crippen MR) is 91.7 cm³/mol. The molecule has 1 aliphatic heterocycles. The summed E-state index contributed by atoms with van der Waals surface area (Å²) in [5, 5.41) is 2.76. The van der Waals surface area contributed by atoms with Crippen molar-refractivity contribution in [1.82, 2.24) is 4.90 Å². The van der Waals surface area contributed by atoms with Gasteiger partial charge in [-0.15, -0.1) is 0 Å². The van der Waals surface area contributed by atoms with Crippen LogP contribution in [0.3, 0.4) is 0 Å². The highest BCUT2D eigenvalue weighted by molar-refractivity contribution is 6.00. The molecule has 1 heterocycles. The fourth-order valence-electron chi connectivity index (χ4n) is 2.68. The van der Waals surface area contributed by atoms with Gasteiger partial charge in [0.1, 0.15) is 11.6 Å². The first-order chi connectivity index (χ1) is 11.9. The van der Waals surface area contributed by atoms with Crippen LogP contribution in [0.2, 0.25) is 0 Å². The molecule has 1 N–H and O–H groups in total. The summed E-state index contributed by atoms with van der Waals surface area (Å²) in [6, 6.07) is 11.7. The fourth-order valence-corrected chi connectivity index (χ4v) is 2.68. The summed E-state index contributed by atoms with van der Waals surface area (Å²) in [7, 11) is 1.58. The quantitative estimate of drug-likeness (QED) is 0.929. The van der Waals surface area contributed by atoms with E-state index in [2.05, 4.69) is 5.32 Å². The highest BCUT2D eigenvalue weighted by Crippen LogP contribution is 2.31. The highest BCUT2D eigenvalue weighted by atomic mass is 19.1. The maximum absolute atomic E-state index is 13.7. The van der Waals surface area contributed by atoms with E-state index in [1.54, 1.807) is 31.3 Å². The molecule has 25 heavy (non-hydrogen) atoms. The van der Waals surface area contributed by atoms with Crippen molar-refractivity contribution in [3.8, 4) is 5.75 Å². The zero-order valence-electron chi connectivity index (χ0n) is 14.1. The van der Waals surface area contributed by atoms with Crippen molar-refractivity contribution in [3.63, 3.8) is 0 Å². The third-order valence-electron chi connectivity index (χ3n) is 4.11. The normalized spacial score (nSPS) is 15.8. The van der Waals surface area contributed by atoms with Crippen LogP contribution in [-0.2, 0) is 16.1 Å². The Morgan fingerprint density at radius 2 is 2.04 bits per heavy atom. The van der Waals surface area contributed by atoms with Crippen molar-refractivity contribution in [2.24, 2.45) is 0 Å². The summed E-state index contributed by atoms with van der Waals surface area (Å²) < 4.78 is 19.4. The van der Waals surface area contributed by atoms with Gasteiger partial charge in [0.15, 0.2) is 6.10 Å². The third-order valence-corrected chi connectivity index (χ3v) is 4.11. The van der Waals surface area contributed by atoms with Crippen molar-refractivity contribution in [1.29, 1.82) is 0 Å². The van der Waals surface area contributed by atoms with Gasteiger partial charge in [-0.25, -0.2) is 4.39 Å². The Morgan fingerprint density at radius 3 is 2.80 bits per heavy atom. The minimum atomic E-state index is -0.897. The number of nitrogens with one attached hydrogen (secondary N) is 1. The summed E-state index contributed by atoms with van der Waals surface area (Å²) in [5.41, 5.74) is 2.03. The number of ether oxygens (including phenoxy) is 1. The summed E-state index contributed by atoms with van der Waals surface area (Å²) in [6.07, 6.45) is -1.00. The average Bonchev–Trinajstić information content (AvgIpc) is 2.57. The maximum atomic E-state index is 13.7. The summed E-state index contributed by atoms with van der Waals surface area (Å²) in [5.74, 6) is -0.470. The van der Waals surface area contributed by atoms with Crippen LogP contribution in [-0.4, -0.2) is 29.9 Å². The summed E-state index contributed by atoms with van der Waals surface area (Å²) >= 11 is 0. The number of fused-ring (bicyclic) bond motifs is 1. The van der Waals surface area contributed by atoms with Crippen molar-refractivity contribution < 1.29 is 18.7 Å². The van der Waals surface area contributed by atoms with Crippen LogP contribution < -0.4 is 10.1 Å². The number of hydrogen-bond donors (Lipinski definition) is 1. The molecule has 2 aromatic carbocycles. The van der Waals surface area contributed by atoms with E-state index >= 15 is 0 Å². The zero-order chi connectivity index (χ0) is 18.0. The molecule has 1 unspecified atom stereocenters. The number of halogens is 1. The van der Waals surface area contributed by atoms with Gasteiger partial charge in [-0.1, -0.05) is 24.3 Å². The molecule has 3 rings (SSSR count). The van der Waals surface area contributed by atoms with Gasteiger partial charge < -0.3 is 15.0 Å². The van der Waals surface area contributed by atoms with Gasteiger partial charge in [0.05, 0.1) is 12.1 Å². The van der Waals surface area contributed by atoms with E-state index in [1.807, 2.05) is 19.1 Å². The van der Waals surface area contributed by atoms with Crippen LogP contribution >= 0.6 is 0 Å². The molecule has 0 saturated heterocycles. The molecule has 0 aromatic heterocycles. The van der Waals surface area contributed by atoms with Gasteiger partial charge in [-0.3, -0.25) is 9.59 Å². The van der Waals surface area contributed by atoms with Crippen LogP contribution in [0, 0.1) is 12.7 Å². The van der Waals surface area contributed by atoms with E-state index in [0.717, 1.165) is 5.56 Å². The maximum Gasteiger partial charge on any atom is 0.266 e. The standard InChI is InChI=1S/C19H19FN2O3/c1-12-7-8-16-15(9-12)21-19(24)17(25-16)10-18(23)22(2)11-13-5-3-4-6-14(13)20/h3-9,17H,10-11H2,1-2H3,(H,21,24). The van der Waals surface area contributed by atoms with E-state index in [0.29, 0.717) is 17.0 Å². The molecule has 0 spiro atoms. The molecule has 1 aliphatic rings. The second kappa shape index (κ2) is 6.93. The van der Waals surface area contributed by atoms with Gasteiger partial charge in [0.2, 0.25) is 5.91 Å². The minimum Gasteiger partial charge on any atom is -0.478 e. The Morgan fingerprint density at radius 1 is 1.28 bits per heavy atom. The van der Waals surface area contributed by atoms with E-state index in [1.165, 1.54) is 11.0 Å². The molecule has 0 fully saturated rings. The average molecular weight is 342 g/mol. The predicted octanol–water partition coefficient (Wildman–Crippen LogP) is 2.88. The lowest BCUT2D eigenvalue weighted by molar-refractivity contribution is -0.136. The Kier molecular flexibility index (Phi) is 4.70. The summed E-state index contributed by atoms with van der Waals surface area (Å²) in [6.45, 7) is 2.05. The van der Waals surface area contributed by atoms with Crippen molar-refractivity contribution in [3.05, 3.63) is 59.4 Å². The van der Waals surface area contributed by atoms with Crippen LogP contribution in [0.25, 0.3) is 0 Å². The van der Waals surface area contributed by atoms with Gasteiger partial charge in [-0.2, -0.15) is 0 Å². The molecule has 1 atom stereocenters. The minimum absolute atomic E-state index is 0.107. The van der Waals surface area contributed by atoms with Crippen LogP contribution in [0.15, 0.2) is 42.5 Å². The number of anilines is 1. The van der Waals surface area contributed by atoms with E-state index in [-0.39, 0.29) is 30.6 Å². The first-order valence-electron chi connectivity index (χ1n) is 7.99. The molecule has 0 radical (unpaired) electrons. The number of nitrogens with zero attached hydrogens (tertiary/aromatic N) is 1. The molecule has 6 heteroatoms. The Labute approximate surface area is 145 Å². The molecule has 5 nitrogen and oxygen atoms in total. The molecule has 0 saturated carbocycles. The molecular weight excluding hydrogens is 323 g/mol. The van der Waals surface area contributed by atoms with E-state index < -0.39 is 6.10 Å². The Hall–Kier alpha value is -2.89. The molecule has 130 valence electrons. The number of benzene rings is 2. The number of carbonyl (C=O) groups excluding carboxylic acids is 2. The fraction of sp³-hybridized carbons (Fsp3) is 0.263. The molecule has 2 aromatic rings. The van der Waals surface area contributed by atoms with Gasteiger partial charge >= 0.3 is 0 Å². The van der Waals surface area contributed by atoms with Gasteiger partial charge in [0.25, 0.3) is 5.91 Å². The second-order valence-corrected chi connectivity index (χ2v) is 6.14. The molecular formula is C19H19FN2O3. The first kappa shape index (κ1) is 17.0. The number of aryl methyl sites for hydroxylation is 1. The van der Waals surface area contributed by atoms with Crippen LogP contribution in [0.5, 0.6) is 5.75 Å². The number of rotatable bonds is 4. The number of amides is 2.